The fraction of sp³-hybridized carbons (Fsp3) is 0.393. The Hall–Kier alpha value is -3.06. The standard InChI is InChI=1S/C28H30N4O2S/c33-26(30-28-15-19-12-20(16-28)14-21(13-19)17-28)18-35-24-9-5-4-8-23(24)27(34)29-25-10-11-32(31-25)22-6-2-1-3-7-22/h1-11,19-21H,12-18H2,(H,30,33)(H,29,31,34). The summed E-state index contributed by atoms with van der Waals surface area (Å²) >= 11 is 1.43. The Balaban J connectivity index is 1.09. The maximum absolute atomic E-state index is 13.0. The van der Waals surface area contributed by atoms with Crippen LogP contribution in [0.25, 0.3) is 5.69 Å². The molecule has 3 aromatic rings. The van der Waals surface area contributed by atoms with Crippen molar-refractivity contribution in [3.8, 4) is 5.69 Å². The first kappa shape index (κ1) is 22.4. The summed E-state index contributed by atoms with van der Waals surface area (Å²) in [5.74, 6) is 3.03. The van der Waals surface area contributed by atoms with Gasteiger partial charge in [-0.3, -0.25) is 9.59 Å². The second-order valence-electron chi connectivity index (χ2n) is 10.5. The van der Waals surface area contributed by atoms with Gasteiger partial charge in [0.05, 0.1) is 17.0 Å². The number of carbonyl (C=O) groups is 2. The summed E-state index contributed by atoms with van der Waals surface area (Å²) in [5, 5.41) is 10.8. The minimum atomic E-state index is -0.229. The lowest BCUT2D eigenvalue weighted by Crippen LogP contribution is -2.60. The third-order valence-corrected chi connectivity index (χ3v) is 8.86. The molecule has 2 N–H and O–H groups in total. The van der Waals surface area contributed by atoms with Gasteiger partial charge in [0.2, 0.25) is 5.91 Å². The number of hydrogen-bond acceptors (Lipinski definition) is 4. The highest BCUT2D eigenvalue weighted by Crippen LogP contribution is 2.55. The first-order chi connectivity index (χ1) is 17.1. The van der Waals surface area contributed by atoms with E-state index in [2.05, 4.69) is 15.7 Å². The molecule has 4 fully saturated rings. The summed E-state index contributed by atoms with van der Waals surface area (Å²) in [6.07, 6.45) is 9.32. The molecule has 1 heterocycles. The summed E-state index contributed by atoms with van der Waals surface area (Å²) in [5.41, 5.74) is 1.49. The Bertz CT molecular complexity index is 1200. The Kier molecular flexibility index (Phi) is 5.88. The molecule has 0 radical (unpaired) electrons. The molecule has 4 aliphatic carbocycles. The Morgan fingerprint density at radius 2 is 1.57 bits per heavy atom. The molecule has 6 nitrogen and oxygen atoms in total. The molecule has 0 unspecified atom stereocenters. The number of benzene rings is 2. The number of rotatable bonds is 7. The maximum atomic E-state index is 13.0. The van der Waals surface area contributed by atoms with Gasteiger partial charge in [0.25, 0.3) is 5.91 Å². The van der Waals surface area contributed by atoms with E-state index in [-0.39, 0.29) is 17.4 Å². The number of nitrogens with zero attached hydrogens (tertiary/aromatic N) is 2. The van der Waals surface area contributed by atoms with Crippen LogP contribution >= 0.6 is 11.8 Å². The van der Waals surface area contributed by atoms with Crippen LogP contribution in [0.1, 0.15) is 48.9 Å². The van der Waals surface area contributed by atoms with Gasteiger partial charge in [-0.05, 0) is 80.5 Å². The monoisotopic (exact) mass is 486 g/mol. The van der Waals surface area contributed by atoms with Crippen molar-refractivity contribution in [1.82, 2.24) is 15.1 Å². The molecule has 2 amide bonds. The Morgan fingerprint density at radius 1 is 0.914 bits per heavy atom. The number of nitrogens with one attached hydrogen (secondary N) is 2. The quantitative estimate of drug-likeness (QED) is 0.444. The molecular weight excluding hydrogens is 456 g/mol. The second kappa shape index (κ2) is 9.19. The first-order valence-electron chi connectivity index (χ1n) is 12.5. The molecule has 7 rings (SSSR count). The van der Waals surface area contributed by atoms with Crippen molar-refractivity contribution in [2.75, 3.05) is 11.1 Å². The van der Waals surface area contributed by atoms with Crippen LogP contribution < -0.4 is 10.6 Å². The average molecular weight is 487 g/mol. The molecule has 2 aromatic carbocycles. The lowest BCUT2D eigenvalue weighted by Gasteiger charge is -2.56. The number of carbonyl (C=O) groups excluding carboxylic acids is 2. The van der Waals surface area contributed by atoms with Crippen molar-refractivity contribution < 1.29 is 9.59 Å². The van der Waals surface area contributed by atoms with Crippen LogP contribution in [0.4, 0.5) is 5.82 Å². The molecule has 0 saturated heterocycles. The van der Waals surface area contributed by atoms with Gasteiger partial charge in [-0.1, -0.05) is 30.3 Å². The van der Waals surface area contributed by atoms with Gasteiger partial charge < -0.3 is 10.6 Å². The molecule has 1 aromatic heterocycles. The van der Waals surface area contributed by atoms with Gasteiger partial charge in [0, 0.05) is 22.7 Å². The normalized spacial score (nSPS) is 26.5. The van der Waals surface area contributed by atoms with Crippen LogP contribution in [0.5, 0.6) is 0 Å². The number of aromatic nitrogens is 2. The third-order valence-electron chi connectivity index (χ3n) is 7.78. The lowest BCUT2D eigenvalue weighted by molar-refractivity contribution is -0.124. The van der Waals surface area contributed by atoms with E-state index in [0.717, 1.165) is 47.6 Å². The average Bonchev–Trinajstić information content (AvgIpc) is 3.31. The number of thioether (sulfide) groups is 1. The second-order valence-corrected chi connectivity index (χ2v) is 11.5. The fourth-order valence-corrected chi connectivity index (χ4v) is 7.67. The van der Waals surface area contributed by atoms with E-state index in [1.165, 1.54) is 31.0 Å². The van der Waals surface area contributed by atoms with Gasteiger partial charge in [-0.25, -0.2) is 4.68 Å². The highest BCUT2D eigenvalue weighted by molar-refractivity contribution is 8.00. The molecule has 0 spiro atoms. The first-order valence-corrected chi connectivity index (χ1v) is 13.5. The van der Waals surface area contributed by atoms with Crippen LogP contribution in [-0.4, -0.2) is 32.9 Å². The molecular formula is C28H30N4O2S. The van der Waals surface area contributed by atoms with Gasteiger partial charge >= 0.3 is 0 Å². The van der Waals surface area contributed by atoms with Crippen LogP contribution in [0.2, 0.25) is 0 Å². The van der Waals surface area contributed by atoms with Crippen molar-refractivity contribution in [2.24, 2.45) is 17.8 Å². The maximum Gasteiger partial charge on any atom is 0.257 e. The van der Waals surface area contributed by atoms with Gasteiger partial charge in [-0.2, -0.15) is 5.10 Å². The summed E-state index contributed by atoms with van der Waals surface area (Å²) in [6, 6.07) is 19.0. The molecule has 0 aliphatic heterocycles. The van der Waals surface area contributed by atoms with E-state index in [1.54, 1.807) is 16.8 Å². The topological polar surface area (TPSA) is 76.0 Å². The minimum absolute atomic E-state index is 0.0147. The molecule has 4 saturated carbocycles. The number of hydrogen-bond donors (Lipinski definition) is 2. The van der Waals surface area contributed by atoms with Gasteiger partial charge in [-0.15, -0.1) is 11.8 Å². The highest BCUT2D eigenvalue weighted by Gasteiger charge is 2.51. The van der Waals surface area contributed by atoms with Crippen LogP contribution in [0.15, 0.2) is 71.8 Å². The van der Waals surface area contributed by atoms with Crippen molar-refractivity contribution in [3.05, 3.63) is 72.4 Å². The van der Waals surface area contributed by atoms with Crippen molar-refractivity contribution in [2.45, 2.75) is 49.0 Å². The SMILES string of the molecule is O=C(CSc1ccccc1C(=O)Nc1ccn(-c2ccccc2)n1)NC12CC3CC(CC(C3)C1)C2. The van der Waals surface area contributed by atoms with Gasteiger partial charge in [0.15, 0.2) is 5.82 Å². The molecule has 0 atom stereocenters. The van der Waals surface area contributed by atoms with Crippen LogP contribution in [0, 0.1) is 17.8 Å². The van der Waals surface area contributed by atoms with Crippen molar-refractivity contribution in [3.63, 3.8) is 0 Å². The Morgan fingerprint density at radius 3 is 2.29 bits per heavy atom. The van der Waals surface area contributed by atoms with E-state index in [9.17, 15) is 9.59 Å². The largest absolute Gasteiger partial charge is 0.350 e. The fourth-order valence-electron chi connectivity index (χ4n) is 6.82. The number of amides is 2. The van der Waals surface area contributed by atoms with Gasteiger partial charge in [0.1, 0.15) is 0 Å². The van der Waals surface area contributed by atoms with E-state index in [0.29, 0.717) is 17.1 Å². The zero-order valence-electron chi connectivity index (χ0n) is 19.7. The Labute approximate surface area is 209 Å². The molecule has 35 heavy (non-hydrogen) atoms. The minimum Gasteiger partial charge on any atom is -0.350 e. The predicted molar refractivity (Wildman–Crippen MR) is 138 cm³/mol. The third kappa shape index (κ3) is 4.74. The summed E-state index contributed by atoms with van der Waals surface area (Å²) in [7, 11) is 0. The molecule has 180 valence electrons. The molecule has 4 bridgehead atoms. The van der Waals surface area contributed by atoms with E-state index in [4.69, 9.17) is 0 Å². The van der Waals surface area contributed by atoms with Crippen molar-refractivity contribution >= 4 is 29.4 Å². The smallest absolute Gasteiger partial charge is 0.257 e. The van der Waals surface area contributed by atoms with Crippen LogP contribution in [0.3, 0.4) is 0 Å². The summed E-state index contributed by atoms with van der Waals surface area (Å²) < 4.78 is 1.73. The van der Waals surface area contributed by atoms with E-state index >= 15 is 0 Å². The summed E-state index contributed by atoms with van der Waals surface area (Å²) in [6.45, 7) is 0. The predicted octanol–water partition coefficient (Wildman–Crippen LogP) is 5.30. The van der Waals surface area contributed by atoms with E-state index < -0.39 is 0 Å². The zero-order valence-corrected chi connectivity index (χ0v) is 20.5. The molecule has 4 aliphatic rings. The number of anilines is 1. The van der Waals surface area contributed by atoms with Crippen LogP contribution in [-0.2, 0) is 4.79 Å². The highest BCUT2D eigenvalue weighted by atomic mass is 32.2. The van der Waals surface area contributed by atoms with Crippen molar-refractivity contribution in [1.29, 1.82) is 0 Å². The number of para-hydroxylation sites is 1. The lowest BCUT2D eigenvalue weighted by atomic mass is 9.53. The van der Waals surface area contributed by atoms with E-state index in [1.807, 2.05) is 54.7 Å². The molecule has 7 heteroatoms. The zero-order chi connectivity index (χ0) is 23.8. The summed E-state index contributed by atoms with van der Waals surface area (Å²) in [4.78, 5) is 26.8.